The van der Waals surface area contributed by atoms with E-state index in [2.05, 4.69) is 34.1 Å². The minimum absolute atomic E-state index is 0.576. The second-order valence-electron chi connectivity index (χ2n) is 6.95. The minimum Gasteiger partial charge on any atom is -0.384 e. The molecule has 1 aromatic carbocycles. The van der Waals surface area contributed by atoms with Gasteiger partial charge in [-0.1, -0.05) is 36.8 Å². The Labute approximate surface area is 138 Å². The van der Waals surface area contributed by atoms with E-state index in [4.69, 9.17) is 5.73 Å². The van der Waals surface area contributed by atoms with E-state index in [1.54, 1.807) is 0 Å². The third-order valence-corrected chi connectivity index (χ3v) is 5.52. The molecule has 0 radical (unpaired) electrons. The standard InChI is InChI=1S/C20H25N3/c21-20-6-2-5-19(22-20)16-9-7-15(8-10-16)13-14-23-17-3-1-4-18(23)12-11-17/h2,5-10,17-18H,1,3-4,11-14H2,(H2,21,22). The summed E-state index contributed by atoms with van der Waals surface area (Å²) in [4.78, 5) is 7.16. The lowest BCUT2D eigenvalue weighted by Gasteiger charge is -2.34. The van der Waals surface area contributed by atoms with Gasteiger partial charge in [-0.3, -0.25) is 4.90 Å². The Balaban J connectivity index is 1.41. The summed E-state index contributed by atoms with van der Waals surface area (Å²) in [6.45, 7) is 1.21. The van der Waals surface area contributed by atoms with Gasteiger partial charge in [0.05, 0.1) is 5.69 Å². The molecule has 3 heterocycles. The van der Waals surface area contributed by atoms with Crippen LogP contribution in [0.5, 0.6) is 0 Å². The van der Waals surface area contributed by atoms with Gasteiger partial charge in [-0.05, 0) is 49.8 Å². The fraction of sp³-hybridized carbons (Fsp3) is 0.450. The maximum Gasteiger partial charge on any atom is 0.124 e. The smallest absolute Gasteiger partial charge is 0.124 e. The number of hydrogen-bond donors (Lipinski definition) is 1. The Morgan fingerprint density at radius 3 is 2.39 bits per heavy atom. The number of piperidine rings is 1. The van der Waals surface area contributed by atoms with E-state index in [9.17, 15) is 0 Å². The van der Waals surface area contributed by atoms with E-state index in [0.29, 0.717) is 5.82 Å². The van der Waals surface area contributed by atoms with Crippen LogP contribution in [0.3, 0.4) is 0 Å². The zero-order chi connectivity index (χ0) is 15.6. The monoisotopic (exact) mass is 307 g/mol. The lowest BCUT2D eigenvalue weighted by molar-refractivity contribution is 0.142. The number of rotatable bonds is 4. The summed E-state index contributed by atoms with van der Waals surface area (Å²) in [5.41, 5.74) is 9.28. The predicted molar refractivity (Wildman–Crippen MR) is 95.2 cm³/mol. The number of aromatic nitrogens is 1. The van der Waals surface area contributed by atoms with Crippen molar-refractivity contribution < 1.29 is 0 Å². The summed E-state index contributed by atoms with van der Waals surface area (Å²) in [6.07, 6.45) is 8.26. The molecule has 0 saturated carbocycles. The Morgan fingerprint density at radius 1 is 0.957 bits per heavy atom. The van der Waals surface area contributed by atoms with Gasteiger partial charge in [0, 0.05) is 24.2 Å². The molecule has 2 fully saturated rings. The quantitative estimate of drug-likeness (QED) is 0.931. The molecule has 0 aliphatic carbocycles. The molecule has 2 atom stereocenters. The van der Waals surface area contributed by atoms with Crippen molar-refractivity contribution in [3.05, 3.63) is 48.0 Å². The number of benzene rings is 1. The largest absolute Gasteiger partial charge is 0.384 e. The van der Waals surface area contributed by atoms with Gasteiger partial charge in [-0.25, -0.2) is 4.98 Å². The molecule has 0 amide bonds. The van der Waals surface area contributed by atoms with E-state index < -0.39 is 0 Å². The van der Waals surface area contributed by atoms with Gasteiger partial charge in [0.1, 0.15) is 5.82 Å². The summed E-state index contributed by atoms with van der Waals surface area (Å²) >= 11 is 0. The van der Waals surface area contributed by atoms with Gasteiger partial charge in [0.15, 0.2) is 0 Å². The average molecular weight is 307 g/mol. The number of nitrogens with two attached hydrogens (primary N) is 1. The first-order valence-corrected chi connectivity index (χ1v) is 8.87. The molecular weight excluding hydrogens is 282 g/mol. The predicted octanol–water partition coefficient (Wildman–Crippen LogP) is 3.89. The van der Waals surface area contributed by atoms with E-state index in [1.807, 2.05) is 18.2 Å². The van der Waals surface area contributed by atoms with Crippen LogP contribution >= 0.6 is 0 Å². The number of hydrogen-bond acceptors (Lipinski definition) is 3. The molecule has 3 nitrogen and oxygen atoms in total. The third-order valence-electron chi connectivity index (χ3n) is 5.52. The first kappa shape index (κ1) is 14.7. The second-order valence-corrected chi connectivity index (χ2v) is 6.95. The highest BCUT2D eigenvalue weighted by atomic mass is 15.2. The Bertz CT molecular complexity index is 649. The van der Waals surface area contributed by atoms with Crippen LogP contribution < -0.4 is 5.73 Å². The summed E-state index contributed by atoms with van der Waals surface area (Å²) in [6, 6.07) is 16.3. The Morgan fingerprint density at radius 2 is 1.70 bits per heavy atom. The number of fused-ring (bicyclic) bond motifs is 2. The molecule has 1 aromatic heterocycles. The van der Waals surface area contributed by atoms with Crippen LogP contribution in [0.4, 0.5) is 5.82 Å². The second kappa shape index (κ2) is 6.32. The number of nitrogens with zero attached hydrogens (tertiary/aromatic N) is 2. The third kappa shape index (κ3) is 3.11. The lowest BCUT2D eigenvalue weighted by Crippen LogP contribution is -2.40. The first-order chi connectivity index (χ1) is 11.3. The molecule has 2 unspecified atom stereocenters. The minimum atomic E-state index is 0.576. The SMILES string of the molecule is Nc1cccc(-c2ccc(CCN3C4CCCC3CC4)cc2)n1. The average Bonchev–Trinajstić information content (AvgIpc) is 2.80. The summed E-state index contributed by atoms with van der Waals surface area (Å²) in [5, 5.41) is 0. The van der Waals surface area contributed by atoms with Crippen LogP contribution in [0, 0.1) is 0 Å². The van der Waals surface area contributed by atoms with E-state index in [0.717, 1.165) is 29.8 Å². The molecule has 23 heavy (non-hydrogen) atoms. The molecule has 2 N–H and O–H groups in total. The van der Waals surface area contributed by atoms with Crippen LogP contribution in [0.15, 0.2) is 42.5 Å². The molecule has 3 heteroatoms. The normalized spacial score (nSPS) is 24.0. The first-order valence-electron chi connectivity index (χ1n) is 8.87. The Kier molecular flexibility index (Phi) is 4.04. The van der Waals surface area contributed by atoms with Gasteiger partial charge in [-0.2, -0.15) is 0 Å². The van der Waals surface area contributed by atoms with Crippen molar-refractivity contribution in [1.29, 1.82) is 0 Å². The van der Waals surface area contributed by atoms with Gasteiger partial charge >= 0.3 is 0 Å². The van der Waals surface area contributed by atoms with E-state index in [1.165, 1.54) is 44.2 Å². The molecule has 120 valence electrons. The topological polar surface area (TPSA) is 42.1 Å². The van der Waals surface area contributed by atoms with Crippen molar-refractivity contribution in [2.24, 2.45) is 0 Å². The van der Waals surface area contributed by atoms with E-state index in [-0.39, 0.29) is 0 Å². The highest BCUT2D eigenvalue weighted by Gasteiger charge is 2.35. The van der Waals surface area contributed by atoms with Crippen LogP contribution in [-0.4, -0.2) is 28.5 Å². The molecule has 2 saturated heterocycles. The molecular formula is C20H25N3. The maximum absolute atomic E-state index is 5.77. The fourth-order valence-corrected chi connectivity index (χ4v) is 4.30. The van der Waals surface area contributed by atoms with Crippen molar-refractivity contribution in [3.63, 3.8) is 0 Å². The zero-order valence-electron chi connectivity index (χ0n) is 13.6. The van der Waals surface area contributed by atoms with E-state index >= 15 is 0 Å². The molecule has 2 aliphatic rings. The molecule has 2 bridgehead atoms. The fourth-order valence-electron chi connectivity index (χ4n) is 4.30. The van der Waals surface area contributed by atoms with Gasteiger partial charge < -0.3 is 5.73 Å². The van der Waals surface area contributed by atoms with Crippen molar-refractivity contribution >= 4 is 5.82 Å². The van der Waals surface area contributed by atoms with Crippen LogP contribution in [-0.2, 0) is 6.42 Å². The maximum atomic E-state index is 5.77. The zero-order valence-corrected chi connectivity index (χ0v) is 13.6. The summed E-state index contributed by atoms with van der Waals surface area (Å²) in [5.74, 6) is 0.576. The number of nitrogen functional groups attached to an aromatic ring is 1. The van der Waals surface area contributed by atoms with Crippen molar-refractivity contribution in [1.82, 2.24) is 9.88 Å². The van der Waals surface area contributed by atoms with Gasteiger partial charge in [-0.15, -0.1) is 0 Å². The van der Waals surface area contributed by atoms with Crippen molar-refractivity contribution in [2.75, 3.05) is 12.3 Å². The molecule has 2 aromatic rings. The van der Waals surface area contributed by atoms with Crippen LogP contribution in [0.25, 0.3) is 11.3 Å². The van der Waals surface area contributed by atoms with Crippen molar-refractivity contribution in [3.8, 4) is 11.3 Å². The van der Waals surface area contributed by atoms with Gasteiger partial charge in [0.25, 0.3) is 0 Å². The highest BCUT2D eigenvalue weighted by molar-refractivity contribution is 5.61. The van der Waals surface area contributed by atoms with Crippen LogP contribution in [0.2, 0.25) is 0 Å². The molecule has 0 spiro atoms. The summed E-state index contributed by atoms with van der Waals surface area (Å²) < 4.78 is 0. The van der Waals surface area contributed by atoms with Gasteiger partial charge in [0.2, 0.25) is 0 Å². The van der Waals surface area contributed by atoms with Crippen LogP contribution in [0.1, 0.15) is 37.7 Å². The summed E-state index contributed by atoms with van der Waals surface area (Å²) in [7, 11) is 0. The Hall–Kier alpha value is -1.87. The lowest BCUT2D eigenvalue weighted by atomic mass is 10.0. The number of pyridine rings is 1. The van der Waals surface area contributed by atoms with Crippen molar-refractivity contribution in [2.45, 2.75) is 50.6 Å². The highest BCUT2D eigenvalue weighted by Crippen LogP contribution is 2.35. The number of anilines is 1. The molecule has 2 aliphatic heterocycles. The molecule has 4 rings (SSSR count).